The Kier molecular flexibility index (Phi) is 39.9. The molecule has 0 saturated carbocycles. The number of para-hydroxylation sites is 5. The largest absolute Gasteiger partial charge is 0.511 e. The minimum Gasteiger partial charge on any atom is -0.457 e. The third-order valence-electron chi connectivity index (χ3n) is 10.0. The lowest BCUT2D eigenvalue weighted by atomic mass is 10.0. The topological polar surface area (TPSA) is 264 Å². The van der Waals surface area contributed by atoms with E-state index in [1.54, 1.807) is 90.1 Å². The summed E-state index contributed by atoms with van der Waals surface area (Å²) in [6.45, 7) is 24.6. The van der Waals surface area contributed by atoms with E-state index in [1.165, 1.54) is 13.0 Å². The molecule has 0 bridgehead atoms. The van der Waals surface area contributed by atoms with Crippen molar-refractivity contribution in [1.29, 1.82) is 0 Å². The van der Waals surface area contributed by atoms with Crippen molar-refractivity contribution in [2.24, 2.45) is 11.8 Å². The number of alkyl carbamates (subject to hydrolysis) is 2. The van der Waals surface area contributed by atoms with Crippen LogP contribution in [-0.2, 0) is 57.1 Å². The Bertz CT molecular complexity index is 2720. The molecular formula is C67H90N2O20. The van der Waals surface area contributed by atoms with Crippen LogP contribution in [0.5, 0.6) is 28.7 Å². The molecule has 2 unspecified atom stereocenters. The van der Waals surface area contributed by atoms with E-state index in [4.69, 9.17) is 56.8 Å². The van der Waals surface area contributed by atoms with E-state index in [-0.39, 0.29) is 64.3 Å². The van der Waals surface area contributed by atoms with Gasteiger partial charge in [0.25, 0.3) is 0 Å². The Labute approximate surface area is 523 Å². The zero-order chi connectivity index (χ0) is 66.3. The van der Waals surface area contributed by atoms with Gasteiger partial charge in [0, 0.05) is 13.3 Å². The lowest BCUT2D eigenvalue weighted by Crippen LogP contribution is -2.45. The van der Waals surface area contributed by atoms with E-state index in [1.807, 2.05) is 138 Å². The van der Waals surface area contributed by atoms with E-state index in [0.717, 1.165) is 6.42 Å². The van der Waals surface area contributed by atoms with Gasteiger partial charge < -0.3 is 72.2 Å². The summed E-state index contributed by atoms with van der Waals surface area (Å²) in [6.07, 6.45) is 1.51. The van der Waals surface area contributed by atoms with Gasteiger partial charge in [0.1, 0.15) is 58.6 Å². The maximum Gasteiger partial charge on any atom is 0.511 e. The summed E-state index contributed by atoms with van der Waals surface area (Å²) < 4.78 is 65.3. The minimum atomic E-state index is -0.785. The number of ether oxygens (including phenoxy) is 13. The first-order valence-electron chi connectivity index (χ1n) is 28.7. The van der Waals surface area contributed by atoms with Crippen molar-refractivity contribution in [2.45, 2.75) is 132 Å². The Balaban J connectivity index is 0.000000569. The third kappa shape index (κ3) is 44.6. The molecule has 5 aromatic rings. The molecule has 2 atom stereocenters. The zero-order valence-corrected chi connectivity index (χ0v) is 53.3. The van der Waals surface area contributed by atoms with Gasteiger partial charge >= 0.3 is 42.2 Å². The normalized spacial score (nSPS) is 10.9. The van der Waals surface area contributed by atoms with Gasteiger partial charge in [-0.2, -0.15) is 0 Å². The molecule has 488 valence electrons. The van der Waals surface area contributed by atoms with Crippen molar-refractivity contribution in [3.05, 3.63) is 164 Å². The van der Waals surface area contributed by atoms with E-state index in [0.29, 0.717) is 48.0 Å². The van der Waals surface area contributed by atoms with Gasteiger partial charge in [-0.1, -0.05) is 138 Å². The summed E-state index contributed by atoms with van der Waals surface area (Å²) in [7, 11) is 0. The molecule has 2 N–H and O–H groups in total. The highest BCUT2D eigenvalue weighted by molar-refractivity contribution is 5.82. The maximum atomic E-state index is 12.2. The van der Waals surface area contributed by atoms with Gasteiger partial charge in [-0.15, -0.1) is 0 Å². The number of benzene rings is 5. The number of rotatable bonds is 27. The highest BCUT2D eigenvalue weighted by atomic mass is 16.8. The molecule has 0 aromatic heterocycles. The average molecular weight is 1240 g/mol. The SMILES string of the molecule is C=CCOC(=O)NC(CC(C)C)C(=O)OCOc1ccccc1.CC(=O)OCOc1ccccc1.CC(C)(C)OC(=O)OCOc1ccccc1.CC(C)CC(NC(=O)OC(C)(C)C)C(=O)OCOc1ccccc1.CCCC(=O)OCOc1ccccc1. The second kappa shape index (κ2) is 45.8. The molecule has 2 amide bonds. The van der Waals surface area contributed by atoms with Gasteiger partial charge in [-0.3, -0.25) is 9.59 Å². The predicted octanol–water partition coefficient (Wildman–Crippen LogP) is 13.3. The van der Waals surface area contributed by atoms with Gasteiger partial charge in [0.2, 0.25) is 34.0 Å². The number of nitrogens with one attached hydrogen (secondary N) is 2. The Morgan fingerprint density at radius 2 is 0.753 bits per heavy atom. The van der Waals surface area contributed by atoms with Gasteiger partial charge in [-0.05, 0) is 133 Å². The van der Waals surface area contributed by atoms with Crippen LogP contribution >= 0.6 is 0 Å². The maximum absolute atomic E-state index is 12.2. The molecule has 0 radical (unpaired) electrons. The average Bonchev–Trinajstić information content (AvgIpc) is 3.47. The second-order valence-corrected chi connectivity index (χ2v) is 21.4. The van der Waals surface area contributed by atoms with E-state index in [9.17, 15) is 33.6 Å². The Hall–Kier alpha value is -9.47. The standard InChI is InChI=1S/C18H27NO5.C17H23NO5.C12H16O4.C11H14O3.C9H10O3/c1-13(2)11-15(19-17(21)24-18(3,4)5)16(20)23-12-22-14-9-7-6-8-10-14;1-4-10-21-17(20)18-15(11-13(2)3)16(19)23-12-22-14-8-6-5-7-9-14;1-12(2,3)16-11(13)15-9-14-10-7-5-4-6-8-10;1-2-6-11(12)14-9-13-10-7-4-3-5-8-10;1-8(10)11-7-12-9-5-3-2-4-6-9/h6-10,13,15H,11-12H2,1-5H3,(H,19,21);4-9,13,15H,1,10-12H2,2-3H3,(H,18,20);4-8H,9H2,1-3H3;3-5,7-8H,2,6,9H2,1H3;2-6H,7H2,1H3. The first-order valence-corrected chi connectivity index (χ1v) is 28.7. The summed E-state index contributed by atoms with van der Waals surface area (Å²) in [5.41, 5.74) is -1.18. The van der Waals surface area contributed by atoms with E-state index >= 15 is 0 Å². The van der Waals surface area contributed by atoms with Crippen LogP contribution in [0, 0.1) is 11.8 Å². The molecule has 0 aliphatic carbocycles. The molecule has 0 saturated heterocycles. The highest BCUT2D eigenvalue weighted by Gasteiger charge is 2.27. The molecule has 5 aromatic carbocycles. The summed E-state index contributed by atoms with van der Waals surface area (Å²) >= 11 is 0. The zero-order valence-electron chi connectivity index (χ0n) is 53.3. The summed E-state index contributed by atoms with van der Waals surface area (Å²) in [5.74, 6) is 1.96. The number of carbonyl (C=O) groups is 7. The molecule has 0 fully saturated rings. The van der Waals surface area contributed by atoms with Crippen LogP contribution in [0.2, 0.25) is 0 Å². The molecule has 5 rings (SSSR count). The van der Waals surface area contributed by atoms with Crippen LogP contribution in [0.15, 0.2) is 164 Å². The lowest BCUT2D eigenvalue weighted by Gasteiger charge is -2.23. The first kappa shape index (κ1) is 77.5. The predicted molar refractivity (Wildman–Crippen MR) is 332 cm³/mol. The second-order valence-electron chi connectivity index (χ2n) is 21.4. The van der Waals surface area contributed by atoms with Gasteiger partial charge in [-0.25, -0.2) is 24.0 Å². The molecule has 0 aliphatic rings. The van der Waals surface area contributed by atoms with Crippen molar-refractivity contribution < 1.29 is 95.1 Å². The Morgan fingerprint density at radius 3 is 1.06 bits per heavy atom. The van der Waals surface area contributed by atoms with Crippen LogP contribution in [0.4, 0.5) is 14.4 Å². The number of amides is 2. The fourth-order valence-electron chi connectivity index (χ4n) is 6.28. The van der Waals surface area contributed by atoms with Crippen molar-refractivity contribution in [3.8, 4) is 28.7 Å². The van der Waals surface area contributed by atoms with Gasteiger partial charge in [0.15, 0.2) is 0 Å². The lowest BCUT2D eigenvalue weighted by molar-refractivity contribution is -0.154. The fraction of sp³-hybridized carbons (Fsp3) is 0.418. The number of hydrogen-bond acceptors (Lipinski definition) is 20. The molecule has 22 nitrogen and oxygen atoms in total. The summed E-state index contributed by atoms with van der Waals surface area (Å²) in [4.78, 5) is 80.1. The summed E-state index contributed by atoms with van der Waals surface area (Å²) in [6, 6.07) is 44.0. The number of esters is 4. The summed E-state index contributed by atoms with van der Waals surface area (Å²) in [5, 5.41) is 5.05. The van der Waals surface area contributed by atoms with E-state index in [2.05, 4.69) is 21.9 Å². The first-order chi connectivity index (χ1) is 42.3. The number of hydrogen-bond donors (Lipinski definition) is 2. The monoisotopic (exact) mass is 1240 g/mol. The molecular weight excluding hydrogens is 1150 g/mol. The van der Waals surface area contributed by atoms with Crippen molar-refractivity contribution >= 4 is 42.2 Å². The van der Waals surface area contributed by atoms with Crippen LogP contribution in [0.25, 0.3) is 0 Å². The van der Waals surface area contributed by atoms with E-state index < -0.39 is 53.6 Å². The van der Waals surface area contributed by atoms with Crippen LogP contribution < -0.4 is 34.3 Å². The van der Waals surface area contributed by atoms with Crippen LogP contribution in [0.3, 0.4) is 0 Å². The van der Waals surface area contributed by atoms with Crippen molar-refractivity contribution in [3.63, 3.8) is 0 Å². The van der Waals surface area contributed by atoms with Crippen molar-refractivity contribution in [2.75, 3.05) is 40.6 Å². The highest BCUT2D eigenvalue weighted by Crippen LogP contribution is 2.15. The quantitative estimate of drug-likeness (QED) is 0.0214. The Morgan fingerprint density at radius 1 is 0.438 bits per heavy atom. The molecule has 0 aliphatic heterocycles. The molecule has 22 heteroatoms. The molecule has 0 heterocycles. The van der Waals surface area contributed by atoms with Crippen LogP contribution in [-0.4, -0.2) is 106 Å². The van der Waals surface area contributed by atoms with Crippen molar-refractivity contribution in [1.82, 2.24) is 10.6 Å². The van der Waals surface area contributed by atoms with Gasteiger partial charge in [0.05, 0.1) is 0 Å². The minimum absolute atomic E-state index is 0.0111. The molecule has 0 spiro atoms. The van der Waals surface area contributed by atoms with Crippen LogP contribution in [0.1, 0.15) is 109 Å². The smallest absolute Gasteiger partial charge is 0.457 e. The number of carbonyl (C=O) groups excluding carboxylic acids is 7. The molecule has 89 heavy (non-hydrogen) atoms. The fourth-order valence-corrected chi connectivity index (χ4v) is 6.28. The third-order valence-corrected chi connectivity index (χ3v) is 10.0.